The second kappa shape index (κ2) is 42.9. The molecule has 6 heterocycles. The number of rotatable bonds is 38. The number of aryl methyl sites for hydroxylation is 5. The van der Waals surface area contributed by atoms with Crippen LogP contribution in [0.3, 0.4) is 0 Å². The van der Waals surface area contributed by atoms with Gasteiger partial charge in [0.15, 0.2) is 29.0 Å². The van der Waals surface area contributed by atoms with Gasteiger partial charge in [-0.15, -0.1) is 0 Å². The van der Waals surface area contributed by atoms with E-state index in [9.17, 15) is 44.1 Å². The average molecular weight is 1930 g/mol. The Morgan fingerprint density at radius 3 is 1.17 bits per heavy atom. The largest absolute Gasteiger partial charge is 0.524 e. The Morgan fingerprint density at radius 1 is 0.443 bits per heavy atom. The van der Waals surface area contributed by atoms with Crippen molar-refractivity contribution in [3.8, 4) is 23.0 Å². The van der Waals surface area contributed by atoms with Gasteiger partial charge in [0.25, 0.3) is 0 Å². The number of nitrogen functional groups attached to an aromatic ring is 3. The molecule has 0 radical (unpaired) electrons. The van der Waals surface area contributed by atoms with Crippen molar-refractivity contribution in [2.45, 2.75) is 131 Å². The van der Waals surface area contributed by atoms with E-state index in [1.54, 1.807) is 37.3 Å². The topological polar surface area (TPSA) is 413 Å². The number of pyridine rings is 3. The van der Waals surface area contributed by atoms with E-state index in [0.29, 0.717) is 150 Å². The summed E-state index contributed by atoms with van der Waals surface area (Å²) in [5.74, 6) is 4.09. The molecule has 0 saturated heterocycles. The predicted molar refractivity (Wildman–Crippen MR) is 477 cm³/mol. The van der Waals surface area contributed by atoms with Gasteiger partial charge in [0.2, 0.25) is 17.7 Å². The van der Waals surface area contributed by atoms with Crippen LogP contribution in [0.5, 0.6) is 23.0 Å². The maximum absolute atomic E-state index is 11.4. The minimum atomic E-state index is -4.66. The van der Waals surface area contributed by atoms with E-state index < -0.39 is 7.82 Å². The standard InChI is InChI=1S/C28H35IN5O6P.C28H34IN5O3.C27H32IN5O4/c1-3-4-5-24-33-26-27(34(24)17-20-7-9-23(18(2)14-20)40-41(36,37)38)21-15-19(6-8-22(21)32-28(26)30)10-12-39-13-11-31-25(35)16-29;1-3-4-5-24-33-26-27(34(24)17-20-7-9-23(35)18(2)14-20)21-15-19(6-8-22(21)32-28(26)30)10-12-37-13-11-31-25(36)16-29;1-2-3-7-22-32-24-25(33(22)16-18-5-4-6-21(34)26(18)36)19-14-17(8-9-20(19)31-27(24)29)10-12-37-13-11-30-23(35)15-28/h6-9,14-15H,3-5,10-13,16-17H2,1-2H3,(H2,30,32)(H,31,35)(H2,36,37,38);6-9,14-15,35H,3-5,10-13,16-17H2,1-2H3,(H2,30,32)(H,31,36);4-6,8-9,14,34,36H,2-3,7,10-13,15-16H2,1H3,(H2,29,31)(H,30,35). The summed E-state index contributed by atoms with van der Waals surface area (Å²) in [4.78, 5) is 81.1. The molecule has 6 aromatic carbocycles. The van der Waals surface area contributed by atoms with Crippen LogP contribution in [-0.2, 0) is 91.3 Å². The van der Waals surface area contributed by atoms with E-state index in [2.05, 4.69) is 89.6 Å². The van der Waals surface area contributed by atoms with Crippen molar-refractivity contribution in [3.05, 3.63) is 171 Å². The second-order valence-electron chi connectivity index (χ2n) is 27.9. The Labute approximate surface area is 708 Å². The number of unbranched alkanes of at least 4 members (excludes halogenated alkanes) is 3. The number of hydrogen-bond acceptors (Lipinski definition) is 20. The van der Waals surface area contributed by atoms with Crippen molar-refractivity contribution in [2.75, 3.05) is 89.8 Å². The van der Waals surface area contributed by atoms with Crippen LogP contribution in [0, 0.1) is 13.8 Å². The highest BCUT2D eigenvalue weighted by Crippen LogP contribution is 2.41. The number of imidazole rings is 3. The molecule has 3 amide bonds. The molecule has 0 fully saturated rings. The van der Waals surface area contributed by atoms with Gasteiger partial charge in [-0.25, -0.2) is 34.5 Å². The number of hydrogen-bond donors (Lipinski definition) is 11. The molecule has 0 aliphatic heterocycles. The lowest BCUT2D eigenvalue weighted by atomic mass is 10.1. The summed E-state index contributed by atoms with van der Waals surface area (Å²) in [6, 6.07) is 34.3. The first-order valence-corrected chi connectivity index (χ1v) is 44.6. The normalized spacial score (nSPS) is 11.6. The smallest absolute Gasteiger partial charge is 0.508 e. The molecule has 0 aliphatic carbocycles. The van der Waals surface area contributed by atoms with E-state index in [0.717, 1.165) is 170 Å². The van der Waals surface area contributed by atoms with Gasteiger partial charge >= 0.3 is 7.82 Å². The Kier molecular flexibility index (Phi) is 33.0. The summed E-state index contributed by atoms with van der Waals surface area (Å²) in [6.07, 6.45) is 10.6. The third-order valence-corrected chi connectivity index (χ3v) is 21.8. The van der Waals surface area contributed by atoms with Crippen LogP contribution in [0.2, 0.25) is 0 Å². The number of aromatic nitrogens is 9. The van der Waals surface area contributed by atoms with Gasteiger partial charge in [0, 0.05) is 73.7 Å². The average Bonchev–Trinajstić information content (AvgIpc) is 1.62. The maximum Gasteiger partial charge on any atom is 0.524 e. The van der Waals surface area contributed by atoms with Crippen LogP contribution in [0.4, 0.5) is 17.5 Å². The molecule has 12 aromatic rings. The van der Waals surface area contributed by atoms with Crippen LogP contribution in [0.15, 0.2) is 109 Å². The number of phenols is 3. The lowest BCUT2D eigenvalue weighted by Crippen LogP contribution is -2.28. The Balaban J connectivity index is 0.000000183. The Bertz CT molecular complexity index is 5440. The summed E-state index contributed by atoms with van der Waals surface area (Å²) in [7, 11) is -4.66. The third kappa shape index (κ3) is 24.0. The van der Waals surface area contributed by atoms with Crippen LogP contribution >= 0.6 is 75.6 Å². The van der Waals surface area contributed by atoms with Crippen molar-refractivity contribution < 1.29 is 62.8 Å². The number of anilines is 3. The van der Waals surface area contributed by atoms with E-state index in [4.69, 9.17) is 50.9 Å². The van der Waals surface area contributed by atoms with Gasteiger partial charge in [-0.1, -0.05) is 162 Å². The van der Waals surface area contributed by atoms with E-state index >= 15 is 0 Å². The number of halogens is 3. The number of carbonyl (C=O) groups is 3. The fraction of sp³-hybridized carbons (Fsp3) is 0.386. The first-order chi connectivity index (χ1) is 55.4. The van der Waals surface area contributed by atoms with Crippen molar-refractivity contribution in [3.63, 3.8) is 0 Å². The van der Waals surface area contributed by atoms with Crippen LogP contribution in [0.25, 0.3) is 65.8 Å². The molecule has 0 unspecified atom stereocenters. The van der Waals surface area contributed by atoms with Gasteiger partial charge in [0.05, 0.1) is 92.6 Å². The molecule has 12 rings (SSSR count). The van der Waals surface area contributed by atoms with Gasteiger partial charge in [-0.05, 0) is 146 Å². The van der Waals surface area contributed by atoms with Crippen LogP contribution in [0.1, 0.15) is 121 Å². The SMILES string of the molecule is CCCCc1nc2c(N)nc3ccc(CCOCCNC(=O)CI)cc3c2n1Cc1ccc(O)c(C)c1.CCCCc1nc2c(N)nc3ccc(CCOCCNC(=O)CI)cc3c2n1Cc1ccc(OP(=O)(O)O)c(C)c1.CCCCc1nc2c(N)nc3ccc(CCOCCNC(=O)CI)cc3c2n1Cc1cccc(O)c1O. The zero-order valence-corrected chi connectivity index (χ0v) is 72.7. The lowest BCUT2D eigenvalue weighted by Gasteiger charge is -2.14. The number of para-hydroxylation sites is 1. The molecule has 28 nitrogen and oxygen atoms in total. The number of phosphoric acid groups is 1. The summed E-state index contributed by atoms with van der Waals surface area (Å²) in [5, 5.41) is 41.8. The molecule has 115 heavy (non-hydrogen) atoms. The summed E-state index contributed by atoms with van der Waals surface area (Å²) >= 11 is 6.09. The molecular weight excluding hydrogens is 1830 g/mol. The molecule has 0 atom stereocenters. The predicted octanol–water partition coefficient (Wildman–Crippen LogP) is 13.2. The summed E-state index contributed by atoms with van der Waals surface area (Å²) in [6.45, 7) is 16.0. The number of nitrogens with two attached hydrogens (primary N) is 3. The fourth-order valence-corrected chi connectivity index (χ4v) is 14.7. The van der Waals surface area contributed by atoms with E-state index in [1.165, 1.54) is 6.07 Å². The number of nitrogens with one attached hydrogen (secondary N) is 3. The molecule has 0 bridgehead atoms. The minimum absolute atomic E-state index is 0.00321. The molecule has 0 spiro atoms. The number of ether oxygens (including phenoxy) is 3. The minimum Gasteiger partial charge on any atom is -0.508 e. The molecule has 6 aromatic heterocycles. The van der Waals surface area contributed by atoms with Crippen molar-refractivity contribution in [1.29, 1.82) is 0 Å². The lowest BCUT2D eigenvalue weighted by molar-refractivity contribution is -0.119. The highest BCUT2D eigenvalue weighted by molar-refractivity contribution is 14.1. The fourth-order valence-electron chi connectivity index (χ4n) is 13.5. The molecule has 0 saturated carbocycles. The molecule has 14 N–H and O–H groups in total. The number of amides is 3. The molecule has 0 aliphatic rings. The number of phenolic OH excluding ortho intramolecular Hbond substituents is 3. The number of nitrogens with zero attached hydrogens (tertiary/aromatic N) is 9. The van der Waals surface area contributed by atoms with Gasteiger partial charge in [-0.2, -0.15) is 0 Å². The summed E-state index contributed by atoms with van der Waals surface area (Å²) in [5.41, 5.74) is 33.7. The number of fused-ring (bicyclic) bond motifs is 9. The molecule has 32 heteroatoms. The maximum atomic E-state index is 11.4. The van der Waals surface area contributed by atoms with Crippen LogP contribution < -0.4 is 37.7 Å². The van der Waals surface area contributed by atoms with Crippen molar-refractivity contribution in [2.24, 2.45) is 0 Å². The van der Waals surface area contributed by atoms with E-state index in [-0.39, 0.29) is 35.0 Å². The van der Waals surface area contributed by atoms with Gasteiger partial charge in [-0.3, -0.25) is 24.2 Å². The third-order valence-electron chi connectivity index (χ3n) is 19.3. The number of carbonyl (C=O) groups excluding carboxylic acids is 3. The monoisotopic (exact) mass is 1930 g/mol. The molecular formula is C83H101I3N15O13P. The van der Waals surface area contributed by atoms with Gasteiger partial charge < -0.3 is 80.9 Å². The number of phosphoric ester groups is 1. The van der Waals surface area contributed by atoms with Gasteiger partial charge in [0.1, 0.15) is 45.5 Å². The van der Waals surface area contributed by atoms with Crippen molar-refractivity contribution >= 4 is 177 Å². The molecule has 612 valence electrons. The zero-order chi connectivity index (χ0) is 82.3. The number of aromatic hydroxyl groups is 3. The first kappa shape index (κ1) is 88.6. The quantitative estimate of drug-likeness (QED) is 0.00563. The highest BCUT2D eigenvalue weighted by atomic mass is 127. The highest BCUT2D eigenvalue weighted by Gasteiger charge is 2.24. The second-order valence-corrected chi connectivity index (χ2v) is 31.4. The van der Waals surface area contributed by atoms with E-state index in [1.807, 2.05) is 123 Å². The number of benzene rings is 6. The zero-order valence-electron chi connectivity index (χ0n) is 65.3. The summed E-state index contributed by atoms with van der Waals surface area (Å²) < 4.78 is 41.1. The number of alkyl halides is 3. The van der Waals surface area contributed by atoms with Crippen molar-refractivity contribution in [1.82, 2.24) is 59.6 Å². The Morgan fingerprint density at radius 2 is 0.809 bits per heavy atom. The van der Waals surface area contributed by atoms with Crippen LogP contribution in [-0.4, -0.2) is 159 Å². The first-order valence-electron chi connectivity index (χ1n) is 38.5. The Hall–Kier alpha value is -8.81.